The number of carbonyl (C=O) groups excluding carboxylic acids is 2. The second-order valence-electron chi connectivity index (χ2n) is 7.50. The molecule has 0 spiro atoms. The van der Waals surface area contributed by atoms with Gasteiger partial charge in [-0.2, -0.15) is 4.73 Å². The molecule has 0 aliphatic carbocycles. The van der Waals surface area contributed by atoms with Crippen molar-refractivity contribution >= 4 is 11.8 Å². The zero-order valence-corrected chi connectivity index (χ0v) is 16.7. The Morgan fingerprint density at radius 2 is 2.00 bits per heavy atom. The Bertz CT molecular complexity index is 973. The quantitative estimate of drug-likeness (QED) is 0.400. The lowest BCUT2D eigenvalue weighted by molar-refractivity contribution is -0.614. The van der Waals surface area contributed by atoms with Crippen LogP contribution in [0.25, 0.3) is 0 Å². The molecule has 2 heterocycles. The van der Waals surface area contributed by atoms with E-state index in [1.807, 2.05) is 0 Å². The van der Waals surface area contributed by atoms with Crippen LogP contribution in [-0.4, -0.2) is 41.9 Å². The van der Waals surface area contributed by atoms with Crippen LogP contribution in [0.1, 0.15) is 24.1 Å². The standard InChI is InChI=1S/C21H23F3N4O3/c22-16-12-18(24)17(23)9-13(16)8-14(25)10-20(29)27-6-3-5-26-21(30)19(27)11-15-4-1-2-7-28(15)31/h1-2,4,7,9,12,14,19H,3,5-6,8,10-11,25H2,(H,26,30). The molecule has 166 valence electrons. The third kappa shape index (κ3) is 5.52. The van der Waals surface area contributed by atoms with Gasteiger partial charge in [0.1, 0.15) is 11.9 Å². The molecule has 31 heavy (non-hydrogen) atoms. The highest BCUT2D eigenvalue weighted by atomic mass is 19.2. The van der Waals surface area contributed by atoms with Gasteiger partial charge in [0, 0.05) is 43.8 Å². The van der Waals surface area contributed by atoms with E-state index < -0.39 is 35.4 Å². The second kappa shape index (κ2) is 9.78. The fraction of sp³-hybridized carbons (Fsp3) is 0.381. The first-order valence-electron chi connectivity index (χ1n) is 9.89. The van der Waals surface area contributed by atoms with E-state index in [-0.39, 0.29) is 37.3 Å². The zero-order valence-electron chi connectivity index (χ0n) is 16.7. The summed E-state index contributed by atoms with van der Waals surface area (Å²) in [6.45, 7) is 0.664. The van der Waals surface area contributed by atoms with Gasteiger partial charge in [0.25, 0.3) is 0 Å². The van der Waals surface area contributed by atoms with Gasteiger partial charge in [-0.05, 0) is 24.5 Å². The van der Waals surface area contributed by atoms with Gasteiger partial charge in [-0.15, -0.1) is 0 Å². The predicted octanol–water partition coefficient (Wildman–Crippen LogP) is 0.957. The minimum atomic E-state index is -1.30. The highest BCUT2D eigenvalue weighted by Crippen LogP contribution is 2.17. The Balaban J connectivity index is 1.73. The fourth-order valence-corrected chi connectivity index (χ4v) is 3.61. The normalized spacial score (nSPS) is 17.7. The number of amides is 2. The van der Waals surface area contributed by atoms with Crippen LogP contribution in [0.15, 0.2) is 36.5 Å². The summed E-state index contributed by atoms with van der Waals surface area (Å²) in [5, 5.41) is 14.7. The largest absolute Gasteiger partial charge is 0.619 e. The average molecular weight is 436 g/mol. The maximum atomic E-state index is 13.9. The molecule has 3 N–H and O–H groups in total. The predicted molar refractivity (Wildman–Crippen MR) is 105 cm³/mol. The van der Waals surface area contributed by atoms with Gasteiger partial charge < -0.3 is 21.2 Å². The van der Waals surface area contributed by atoms with Crippen molar-refractivity contribution < 1.29 is 27.5 Å². The Morgan fingerprint density at radius 1 is 1.26 bits per heavy atom. The van der Waals surface area contributed by atoms with Crippen molar-refractivity contribution in [2.75, 3.05) is 13.1 Å². The molecule has 2 atom stereocenters. The first-order valence-corrected chi connectivity index (χ1v) is 9.89. The van der Waals surface area contributed by atoms with Crippen LogP contribution in [0.3, 0.4) is 0 Å². The van der Waals surface area contributed by atoms with Crippen LogP contribution >= 0.6 is 0 Å². The average Bonchev–Trinajstić information content (AvgIpc) is 2.89. The van der Waals surface area contributed by atoms with E-state index in [2.05, 4.69) is 5.32 Å². The highest BCUT2D eigenvalue weighted by Gasteiger charge is 2.34. The van der Waals surface area contributed by atoms with Gasteiger partial charge in [-0.1, -0.05) is 6.07 Å². The number of hydrogen-bond acceptors (Lipinski definition) is 4. The van der Waals surface area contributed by atoms with Crippen LogP contribution in [-0.2, 0) is 22.4 Å². The molecule has 1 aromatic heterocycles. The number of benzene rings is 1. The van der Waals surface area contributed by atoms with E-state index in [0.29, 0.717) is 29.5 Å². The maximum absolute atomic E-state index is 13.9. The summed E-state index contributed by atoms with van der Waals surface area (Å²) in [4.78, 5) is 26.9. The lowest BCUT2D eigenvalue weighted by Crippen LogP contribution is -2.51. The Kier molecular flexibility index (Phi) is 7.11. The molecule has 3 rings (SSSR count). The SMILES string of the molecule is NC(CC(=O)N1CCCNC(=O)C1Cc1cccc[n+]1[O-])Cc1cc(F)c(F)cc1F. The smallest absolute Gasteiger partial charge is 0.243 e. The molecule has 1 fully saturated rings. The van der Waals surface area contributed by atoms with E-state index in [4.69, 9.17) is 5.73 Å². The summed E-state index contributed by atoms with van der Waals surface area (Å²) >= 11 is 0. The van der Waals surface area contributed by atoms with Crippen LogP contribution in [0.4, 0.5) is 13.2 Å². The molecule has 10 heteroatoms. The summed E-state index contributed by atoms with van der Waals surface area (Å²) in [5.74, 6) is -4.27. The minimum absolute atomic E-state index is 0.0228. The van der Waals surface area contributed by atoms with Gasteiger partial charge >= 0.3 is 0 Å². The number of rotatable bonds is 6. The van der Waals surface area contributed by atoms with Gasteiger partial charge in [0.2, 0.25) is 11.8 Å². The molecule has 1 saturated heterocycles. The van der Waals surface area contributed by atoms with Crippen molar-refractivity contribution in [3.05, 3.63) is 70.4 Å². The second-order valence-corrected chi connectivity index (χ2v) is 7.50. The molecule has 2 unspecified atom stereocenters. The van der Waals surface area contributed by atoms with Crippen LogP contribution < -0.4 is 15.8 Å². The van der Waals surface area contributed by atoms with Crippen molar-refractivity contribution in [3.8, 4) is 0 Å². The topological polar surface area (TPSA) is 102 Å². The third-order valence-electron chi connectivity index (χ3n) is 5.19. The Hall–Kier alpha value is -3.14. The summed E-state index contributed by atoms with van der Waals surface area (Å²) in [5.41, 5.74) is 6.17. The summed E-state index contributed by atoms with van der Waals surface area (Å²) in [6, 6.07) is 4.18. The maximum Gasteiger partial charge on any atom is 0.243 e. The van der Waals surface area contributed by atoms with Crippen LogP contribution in [0.2, 0.25) is 0 Å². The van der Waals surface area contributed by atoms with Crippen molar-refractivity contribution in [3.63, 3.8) is 0 Å². The number of nitrogens with two attached hydrogens (primary N) is 1. The van der Waals surface area contributed by atoms with Crippen molar-refractivity contribution in [1.29, 1.82) is 0 Å². The molecule has 0 saturated carbocycles. The number of nitrogens with one attached hydrogen (secondary N) is 1. The van der Waals surface area contributed by atoms with Crippen molar-refractivity contribution in [2.24, 2.45) is 5.73 Å². The third-order valence-corrected chi connectivity index (χ3v) is 5.19. The first kappa shape index (κ1) is 22.5. The minimum Gasteiger partial charge on any atom is -0.619 e. The molecule has 1 aliphatic rings. The molecule has 1 aliphatic heterocycles. The summed E-state index contributed by atoms with van der Waals surface area (Å²) in [6.07, 6.45) is 1.44. The fourth-order valence-electron chi connectivity index (χ4n) is 3.61. The molecular weight excluding hydrogens is 413 g/mol. The number of halogens is 3. The van der Waals surface area contributed by atoms with Crippen LogP contribution in [0, 0.1) is 22.7 Å². The molecule has 1 aromatic carbocycles. The van der Waals surface area contributed by atoms with E-state index in [1.165, 1.54) is 11.1 Å². The number of aromatic nitrogens is 1. The van der Waals surface area contributed by atoms with E-state index in [0.717, 1.165) is 6.07 Å². The van der Waals surface area contributed by atoms with E-state index in [1.54, 1.807) is 18.2 Å². The first-order chi connectivity index (χ1) is 14.8. The molecule has 2 amide bonds. The van der Waals surface area contributed by atoms with Gasteiger partial charge in [0.05, 0.1) is 6.42 Å². The summed E-state index contributed by atoms with van der Waals surface area (Å²) < 4.78 is 41.0. The lowest BCUT2D eigenvalue weighted by atomic mass is 10.0. The van der Waals surface area contributed by atoms with E-state index >= 15 is 0 Å². The Labute approximate surface area is 177 Å². The molecule has 7 nitrogen and oxygen atoms in total. The number of hydrogen-bond donors (Lipinski definition) is 2. The monoisotopic (exact) mass is 436 g/mol. The molecule has 2 aromatic rings. The van der Waals surface area contributed by atoms with Crippen LogP contribution in [0.5, 0.6) is 0 Å². The Morgan fingerprint density at radius 3 is 2.74 bits per heavy atom. The molecular formula is C21H23F3N4O3. The van der Waals surface area contributed by atoms with Gasteiger partial charge in [-0.3, -0.25) is 9.59 Å². The number of pyridine rings is 1. The highest BCUT2D eigenvalue weighted by molar-refractivity contribution is 5.88. The van der Waals surface area contributed by atoms with Gasteiger partial charge in [-0.25, -0.2) is 13.2 Å². The summed E-state index contributed by atoms with van der Waals surface area (Å²) in [7, 11) is 0. The van der Waals surface area contributed by atoms with Gasteiger partial charge in [0.15, 0.2) is 23.5 Å². The van der Waals surface area contributed by atoms with Crippen molar-refractivity contribution in [2.45, 2.75) is 37.8 Å². The molecule has 0 radical (unpaired) electrons. The van der Waals surface area contributed by atoms with E-state index in [9.17, 15) is 28.0 Å². The number of nitrogens with zero attached hydrogens (tertiary/aromatic N) is 2. The molecule has 0 bridgehead atoms. The lowest BCUT2D eigenvalue weighted by Gasteiger charge is -2.29. The zero-order chi connectivity index (χ0) is 22.5. The number of carbonyl (C=O) groups is 2. The van der Waals surface area contributed by atoms with Crippen molar-refractivity contribution in [1.82, 2.24) is 10.2 Å².